The first-order chi connectivity index (χ1) is 11.5. The summed E-state index contributed by atoms with van der Waals surface area (Å²) in [5.74, 6) is -2.52. The van der Waals surface area contributed by atoms with Crippen LogP contribution in [0.15, 0.2) is 24.3 Å². The summed E-state index contributed by atoms with van der Waals surface area (Å²) >= 11 is 0. The predicted octanol–water partition coefficient (Wildman–Crippen LogP) is 1.96. The van der Waals surface area contributed by atoms with E-state index in [-0.39, 0.29) is 48.4 Å². The number of fused-ring (bicyclic) bond motifs is 1. The van der Waals surface area contributed by atoms with Gasteiger partial charge in [0.1, 0.15) is 17.5 Å². The minimum absolute atomic E-state index is 0.0369. The summed E-state index contributed by atoms with van der Waals surface area (Å²) in [6, 6.07) is 5.84. The van der Waals surface area contributed by atoms with Crippen LogP contribution in [-0.2, 0) is 19.1 Å². The normalized spacial score (nSPS) is 29.6. The third kappa shape index (κ3) is 3.18. The molecule has 3 rings (SSSR count). The van der Waals surface area contributed by atoms with Gasteiger partial charge in [0, 0.05) is 18.4 Å². The second kappa shape index (κ2) is 6.71. The molecule has 1 aromatic rings. The highest BCUT2D eigenvalue weighted by atomic mass is 19.1. The number of hydrogen-bond acceptors (Lipinski definition) is 4. The fraction of sp³-hybridized carbons (Fsp3) is 0.500. The molecule has 4 atom stereocenters. The molecular formula is C18H20FNO4. The molecule has 1 aliphatic heterocycles. The van der Waals surface area contributed by atoms with Crippen LogP contribution in [0.25, 0.3) is 0 Å². The molecule has 2 fully saturated rings. The number of esters is 1. The zero-order chi connectivity index (χ0) is 17.3. The quantitative estimate of drug-likeness (QED) is 0.678. The standard InChI is InChI=1S/C18H20FNO4/c1-2-24-18(23)14-9-13-15(20-17(14)22)7-11(8-16(13)21)10-3-5-12(19)6-4-10/h3-6,11,13-15H,2,7-9H2,1H3,(H,20,22). The number of halogens is 1. The monoisotopic (exact) mass is 333 g/mol. The molecule has 0 spiro atoms. The van der Waals surface area contributed by atoms with Crippen LogP contribution >= 0.6 is 0 Å². The number of carbonyl (C=O) groups is 3. The van der Waals surface area contributed by atoms with Gasteiger partial charge in [-0.15, -0.1) is 0 Å². The molecule has 2 aliphatic rings. The summed E-state index contributed by atoms with van der Waals surface area (Å²) in [7, 11) is 0. The van der Waals surface area contributed by atoms with Gasteiger partial charge in [-0.1, -0.05) is 12.1 Å². The van der Waals surface area contributed by atoms with E-state index < -0.39 is 11.9 Å². The molecule has 0 bridgehead atoms. The Hall–Kier alpha value is -2.24. The minimum Gasteiger partial charge on any atom is -0.465 e. The first-order valence-electron chi connectivity index (χ1n) is 8.24. The Bertz CT molecular complexity index is 657. The summed E-state index contributed by atoms with van der Waals surface area (Å²) in [6.45, 7) is 1.89. The van der Waals surface area contributed by atoms with E-state index in [0.717, 1.165) is 5.56 Å². The molecule has 0 radical (unpaired) electrons. The number of ketones is 1. The Labute approximate surface area is 139 Å². The topological polar surface area (TPSA) is 72.5 Å². The van der Waals surface area contributed by atoms with Gasteiger partial charge >= 0.3 is 5.97 Å². The second-order valence-corrected chi connectivity index (χ2v) is 6.42. The second-order valence-electron chi connectivity index (χ2n) is 6.42. The molecule has 0 aromatic heterocycles. The fourth-order valence-electron chi connectivity index (χ4n) is 3.71. The molecule has 6 heteroatoms. The van der Waals surface area contributed by atoms with Crippen LogP contribution in [0.4, 0.5) is 4.39 Å². The zero-order valence-corrected chi connectivity index (χ0v) is 13.5. The van der Waals surface area contributed by atoms with Crippen molar-refractivity contribution in [1.82, 2.24) is 5.32 Å². The smallest absolute Gasteiger partial charge is 0.318 e. The maximum atomic E-state index is 13.1. The first-order valence-corrected chi connectivity index (χ1v) is 8.24. The Morgan fingerprint density at radius 2 is 1.96 bits per heavy atom. The third-order valence-electron chi connectivity index (χ3n) is 4.93. The van der Waals surface area contributed by atoms with Crippen molar-refractivity contribution in [2.45, 2.75) is 38.1 Å². The van der Waals surface area contributed by atoms with E-state index in [1.54, 1.807) is 19.1 Å². The van der Waals surface area contributed by atoms with Crippen LogP contribution < -0.4 is 5.32 Å². The lowest BCUT2D eigenvalue weighted by atomic mass is 9.69. The van der Waals surface area contributed by atoms with Crippen molar-refractivity contribution in [2.75, 3.05) is 6.61 Å². The average Bonchev–Trinajstić information content (AvgIpc) is 2.55. The Morgan fingerprint density at radius 3 is 2.62 bits per heavy atom. The Balaban J connectivity index is 1.74. The van der Waals surface area contributed by atoms with E-state index >= 15 is 0 Å². The van der Waals surface area contributed by atoms with Gasteiger partial charge in [-0.2, -0.15) is 0 Å². The minimum atomic E-state index is -0.905. The summed E-state index contributed by atoms with van der Waals surface area (Å²) < 4.78 is 18.0. The van der Waals surface area contributed by atoms with Gasteiger partial charge in [0.2, 0.25) is 5.91 Å². The molecule has 1 saturated heterocycles. The third-order valence-corrected chi connectivity index (χ3v) is 4.93. The van der Waals surface area contributed by atoms with E-state index in [2.05, 4.69) is 5.32 Å². The molecule has 1 saturated carbocycles. The highest BCUT2D eigenvalue weighted by Crippen LogP contribution is 2.38. The van der Waals surface area contributed by atoms with Crippen molar-refractivity contribution >= 4 is 17.7 Å². The molecule has 24 heavy (non-hydrogen) atoms. The number of nitrogens with one attached hydrogen (secondary N) is 1. The molecule has 128 valence electrons. The van der Waals surface area contributed by atoms with Crippen molar-refractivity contribution in [3.63, 3.8) is 0 Å². The summed E-state index contributed by atoms with van der Waals surface area (Å²) in [4.78, 5) is 36.6. The lowest BCUT2D eigenvalue weighted by Gasteiger charge is -2.40. The van der Waals surface area contributed by atoms with Crippen molar-refractivity contribution < 1.29 is 23.5 Å². The maximum Gasteiger partial charge on any atom is 0.318 e. The molecule has 5 nitrogen and oxygen atoms in total. The summed E-state index contributed by atoms with van der Waals surface area (Å²) in [5.41, 5.74) is 0.893. The van der Waals surface area contributed by atoms with Gasteiger partial charge in [0.05, 0.1) is 6.61 Å². The van der Waals surface area contributed by atoms with Crippen LogP contribution in [-0.4, -0.2) is 30.3 Å². The van der Waals surface area contributed by atoms with Crippen molar-refractivity contribution in [2.24, 2.45) is 11.8 Å². The number of Topliss-reactive ketones (excluding diaryl/α,β-unsaturated/α-hetero) is 1. The number of benzene rings is 1. The van der Waals surface area contributed by atoms with Gasteiger partial charge in [0.25, 0.3) is 0 Å². The van der Waals surface area contributed by atoms with E-state index in [9.17, 15) is 18.8 Å². The lowest BCUT2D eigenvalue weighted by Crippen LogP contribution is -2.56. The number of rotatable bonds is 3. The van der Waals surface area contributed by atoms with Crippen molar-refractivity contribution in [1.29, 1.82) is 0 Å². The first kappa shape index (κ1) is 16.6. The molecule has 1 amide bonds. The van der Waals surface area contributed by atoms with E-state index in [4.69, 9.17) is 4.74 Å². The number of amides is 1. The van der Waals surface area contributed by atoms with Crippen LogP contribution in [0.5, 0.6) is 0 Å². The van der Waals surface area contributed by atoms with Crippen LogP contribution in [0.1, 0.15) is 37.7 Å². The van der Waals surface area contributed by atoms with Crippen LogP contribution in [0, 0.1) is 17.7 Å². The van der Waals surface area contributed by atoms with Crippen LogP contribution in [0.2, 0.25) is 0 Å². The van der Waals surface area contributed by atoms with Crippen LogP contribution in [0.3, 0.4) is 0 Å². The van der Waals surface area contributed by atoms with Gasteiger partial charge < -0.3 is 10.1 Å². The molecule has 1 aliphatic carbocycles. The van der Waals surface area contributed by atoms with Gasteiger partial charge in [-0.3, -0.25) is 14.4 Å². The molecule has 4 unspecified atom stereocenters. The lowest BCUT2D eigenvalue weighted by molar-refractivity contribution is -0.156. The van der Waals surface area contributed by atoms with Gasteiger partial charge in [0.15, 0.2) is 0 Å². The Morgan fingerprint density at radius 1 is 1.25 bits per heavy atom. The maximum absolute atomic E-state index is 13.1. The summed E-state index contributed by atoms with van der Waals surface area (Å²) in [5, 5.41) is 2.81. The zero-order valence-electron chi connectivity index (χ0n) is 13.5. The fourth-order valence-corrected chi connectivity index (χ4v) is 3.71. The molecule has 1 N–H and O–H groups in total. The average molecular weight is 333 g/mol. The van der Waals surface area contributed by atoms with Crippen molar-refractivity contribution in [3.05, 3.63) is 35.6 Å². The van der Waals surface area contributed by atoms with E-state index in [1.165, 1.54) is 12.1 Å². The molecule has 1 aromatic carbocycles. The summed E-state index contributed by atoms with van der Waals surface area (Å²) in [6.07, 6.45) is 1.17. The number of carbonyl (C=O) groups excluding carboxylic acids is 3. The SMILES string of the molecule is CCOC(=O)C1CC2C(=O)CC(c3ccc(F)cc3)CC2NC1=O. The number of hydrogen-bond donors (Lipinski definition) is 1. The molecular weight excluding hydrogens is 313 g/mol. The number of piperidine rings is 1. The highest BCUT2D eigenvalue weighted by molar-refractivity contribution is 6.00. The van der Waals surface area contributed by atoms with Gasteiger partial charge in [-0.25, -0.2) is 4.39 Å². The largest absolute Gasteiger partial charge is 0.465 e. The van der Waals surface area contributed by atoms with E-state index in [0.29, 0.717) is 12.8 Å². The predicted molar refractivity (Wildman–Crippen MR) is 83.5 cm³/mol. The highest BCUT2D eigenvalue weighted by Gasteiger charge is 2.46. The molecule has 1 heterocycles. The number of ether oxygens (including phenoxy) is 1. The van der Waals surface area contributed by atoms with Gasteiger partial charge in [-0.05, 0) is 43.4 Å². The Kier molecular flexibility index (Phi) is 4.64. The van der Waals surface area contributed by atoms with E-state index in [1.807, 2.05) is 0 Å². The van der Waals surface area contributed by atoms with Crippen molar-refractivity contribution in [3.8, 4) is 0 Å².